The molecule has 17 heteroatoms. The molecule has 5 N–H and O–H groups in total. The number of carboxylic acids is 2. The van der Waals surface area contributed by atoms with Crippen molar-refractivity contribution < 1.29 is 44.0 Å². The van der Waals surface area contributed by atoms with Crippen molar-refractivity contribution in [3.63, 3.8) is 0 Å². The van der Waals surface area contributed by atoms with Gasteiger partial charge in [-0.25, -0.2) is 19.6 Å². The number of thiazole rings is 2. The van der Waals surface area contributed by atoms with Crippen molar-refractivity contribution in [1.29, 1.82) is 0 Å². The number of carboxylic acid groups (broad SMARTS) is 2. The highest BCUT2D eigenvalue weighted by molar-refractivity contribution is 7.13. The summed E-state index contributed by atoms with van der Waals surface area (Å²) in [5.74, 6) is -3.12. The van der Waals surface area contributed by atoms with Gasteiger partial charge in [-0.05, 0) is 38.8 Å². The molecule has 4 rings (SSSR count). The van der Waals surface area contributed by atoms with Crippen LogP contribution in [0.3, 0.4) is 0 Å². The second kappa shape index (κ2) is 15.0. The van der Waals surface area contributed by atoms with Gasteiger partial charge in [-0.3, -0.25) is 4.79 Å². The number of benzene rings is 1. The summed E-state index contributed by atoms with van der Waals surface area (Å²) < 4.78 is 5.43. The number of nitrogens with zero attached hydrogens (tertiary/aromatic N) is 4. The Morgan fingerprint density at radius 1 is 1.07 bits per heavy atom. The Morgan fingerprint density at radius 3 is 2.26 bits per heavy atom. The maximum atomic E-state index is 12.8. The summed E-state index contributed by atoms with van der Waals surface area (Å²) in [7, 11) is -1.33. The summed E-state index contributed by atoms with van der Waals surface area (Å²) in [6, 6.07) is 4.71. The number of aryl methyl sites for hydroxylation is 1. The smallest absolute Gasteiger partial charge is 0.526 e. The van der Waals surface area contributed by atoms with Gasteiger partial charge in [0.2, 0.25) is 5.71 Å². The number of carbonyl (C=O) groups is 3. The molecular formula is C25H28BN5O9S2. The minimum atomic E-state index is -1.33. The van der Waals surface area contributed by atoms with Crippen molar-refractivity contribution in [2.24, 2.45) is 10.3 Å². The van der Waals surface area contributed by atoms with Crippen molar-refractivity contribution in [3.8, 4) is 5.75 Å². The molecule has 0 amide bonds. The van der Waals surface area contributed by atoms with Gasteiger partial charge >= 0.3 is 19.1 Å². The molecule has 1 aliphatic rings. The average molecular weight is 617 g/mol. The van der Waals surface area contributed by atoms with E-state index in [2.05, 4.69) is 20.3 Å². The molecule has 0 saturated heterocycles. The number of fused-ring (bicyclic) bond motifs is 1. The normalized spacial score (nSPS) is 14.7. The maximum absolute atomic E-state index is 12.8. The van der Waals surface area contributed by atoms with Gasteiger partial charge in [0, 0.05) is 23.0 Å². The van der Waals surface area contributed by atoms with Gasteiger partial charge in [-0.2, -0.15) is 0 Å². The number of anilines is 1. The Bertz CT molecular complexity index is 1490. The molecule has 0 bridgehead atoms. The SMILES string of the molecule is CCO/N=C(\C(=O)C[C@H]1Cc2cccc(C(=O)O)c2OB1O)c1csc(N)n1.CCO/N=C(\C(=O)O)c1csc(C)n1. The second-order valence-electron chi connectivity index (χ2n) is 8.54. The zero-order valence-corrected chi connectivity index (χ0v) is 24.5. The number of carbonyl (C=O) groups excluding carboxylic acids is 1. The number of Topliss-reactive ketones (excluding diaryl/α,β-unsaturated/α-hetero) is 1. The van der Waals surface area contributed by atoms with E-state index in [4.69, 9.17) is 25.2 Å². The third-order valence-corrected chi connectivity index (χ3v) is 7.01. The first kappa shape index (κ1) is 32.2. The molecule has 0 fully saturated rings. The lowest BCUT2D eigenvalue weighted by Gasteiger charge is -2.27. The number of aliphatic carboxylic acids is 1. The van der Waals surface area contributed by atoms with E-state index in [-0.39, 0.29) is 48.0 Å². The molecule has 222 valence electrons. The molecule has 1 aromatic carbocycles. The van der Waals surface area contributed by atoms with E-state index in [0.717, 1.165) is 5.01 Å². The molecule has 14 nitrogen and oxygen atoms in total. The predicted octanol–water partition coefficient (Wildman–Crippen LogP) is 2.89. The quantitative estimate of drug-likeness (QED) is 0.139. The number of oxime groups is 2. The third kappa shape index (κ3) is 8.34. The van der Waals surface area contributed by atoms with Crippen molar-refractivity contribution in [2.45, 2.75) is 39.4 Å². The van der Waals surface area contributed by atoms with Crippen molar-refractivity contribution in [2.75, 3.05) is 18.9 Å². The maximum Gasteiger partial charge on any atom is 0.526 e. The number of ketones is 1. The fourth-order valence-corrected chi connectivity index (χ4v) is 4.87. The number of rotatable bonds is 11. The highest BCUT2D eigenvalue weighted by atomic mass is 32.1. The molecule has 0 unspecified atom stereocenters. The summed E-state index contributed by atoms with van der Waals surface area (Å²) in [5.41, 5.74) is 6.73. The Balaban J connectivity index is 0.000000291. The Labute approximate surface area is 248 Å². The number of aromatic nitrogens is 2. The summed E-state index contributed by atoms with van der Waals surface area (Å²) in [4.78, 5) is 52.7. The topological polar surface area (TPSA) is 216 Å². The first-order valence-corrected chi connectivity index (χ1v) is 14.3. The van der Waals surface area contributed by atoms with Crippen LogP contribution in [0.4, 0.5) is 5.13 Å². The van der Waals surface area contributed by atoms with Crippen LogP contribution in [0.25, 0.3) is 0 Å². The van der Waals surface area contributed by atoms with E-state index in [9.17, 15) is 24.5 Å². The van der Waals surface area contributed by atoms with Gasteiger partial charge in [0.05, 0.1) is 10.6 Å². The van der Waals surface area contributed by atoms with Gasteiger partial charge in [-0.1, -0.05) is 22.4 Å². The lowest BCUT2D eigenvalue weighted by molar-refractivity contribution is -0.129. The molecule has 1 aliphatic heterocycles. The van der Waals surface area contributed by atoms with Gasteiger partial charge in [0.25, 0.3) is 0 Å². The van der Waals surface area contributed by atoms with Crippen LogP contribution >= 0.6 is 22.7 Å². The van der Waals surface area contributed by atoms with Gasteiger partial charge < -0.3 is 35.3 Å². The van der Waals surface area contributed by atoms with Gasteiger partial charge in [0.1, 0.15) is 30.4 Å². The Kier molecular flexibility index (Phi) is 11.5. The van der Waals surface area contributed by atoms with Crippen molar-refractivity contribution >= 4 is 64.1 Å². The van der Waals surface area contributed by atoms with Crippen LogP contribution in [0.5, 0.6) is 5.75 Å². The van der Waals surface area contributed by atoms with Crippen LogP contribution in [-0.4, -0.2) is 74.7 Å². The third-order valence-electron chi connectivity index (χ3n) is 5.56. The molecule has 0 saturated carbocycles. The van der Waals surface area contributed by atoms with E-state index in [1.165, 1.54) is 28.7 Å². The van der Waals surface area contributed by atoms with Crippen LogP contribution in [-0.2, 0) is 25.7 Å². The Morgan fingerprint density at radius 2 is 1.71 bits per heavy atom. The van der Waals surface area contributed by atoms with E-state index in [0.29, 0.717) is 28.7 Å². The molecule has 3 heterocycles. The highest BCUT2D eigenvalue weighted by Gasteiger charge is 2.39. The zero-order valence-electron chi connectivity index (χ0n) is 22.8. The first-order valence-electron chi connectivity index (χ1n) is 12.6. The van der Waals surface area contributed by atoms with E-state index in [1.807, 2.05) is 0 Å². The predicted molar refractivity (Wildman–Crippen MR) is 156 cm³/mol. The summed E-state index contributed by atoms with van der Waals surface area (Å²) in [5, 5.41) is 40.1. The minimum absolute atomic E-state index is 0.0204. The van der Waals surface area contributed by atoms with E-state index >= 15 is 0 Å². The standard InChI is InChI=1S/C17H18BN3O6S.C8H10N2O3S/c1-2-26-21-14(12-8-28-17(19)20-12)13(22)7-10-6-9-4-3-5-11(16(23)24)15(9)27-18(10)25;1-3-13-10-7(8(11)12)6-4-14-5(2)9-6/h3-5,8,10,25H,2,6-7H2,1H3,(H2,19,20)(H,23,24);4H,3H2,1-2H3,(H,11,12)/b21-14-;10-7-/t10-;/m1./s1. The van der Waals surface area contributed by atoms with Crippen molar-refractivity contribution in [3.05, 3.63) is 56.5 Å². The summed E-state index contributed by atoms with van der Waals surface area (Å²) in [6.07, 6.45) is 0.200. The number of para-hydroxylation sites is 1. The van der Waals surface area contributed by atoms with Crippen LogP contribution in [0.1, 0.15) is 52.6 Å². The second-order valence-corrected chi connectivity index (χ2v) is 10.5. The summed E-state index contributed by atoms with van der Waals surface area (Å²) >= 11 is 2.55. The molecule has 0 spiro atoms. The molecule has 2 aromatic heterocycles. The first-order chi connectivity index (χ1) is 20.0. The fourth-order valence-electron chi connectivity index (χ4n) is 3.72. The van der Waals surface area contributed by atoms with Crippen LogP contribution < -0.4 is 10.4 Å². The minimum Gasteiger partial charge on any atom is -0.535 e. The van der Waals surface area contributed by atoms with Gasteiger partial charge in [0.15, 0.2) is 16.6 Å². The van der Waals surface area contributed by atoms with Crippen LogP contribution in [0.15, 0.2) is 39.3 Å². The van der Waals surface area contributed by atoms with Crippen LogP contribution in [0, 0.1) is 6.92 Å². The number of hydrogen-bond acceptors (Lipinski definition) is 14. The molecule has 3 aromatic rings. The Hall–Kier alpha value is -4.35. The zero-order chi connectivity index (χ0) is 30.8. The van der Waals surface area contributed by atoms with Crippen LogP contribution in [0.2, 0.25) is 5.82 Å². The van der Waals surface area contributed by atoms with Gasteiger partial charge in [-0.15, -0.1) is 22.7 Å². The number of nitrogens with two attached hydrogens (primary N) is 1. The molecule has 1 atom stereocenters. The lowest BCUT2D eigenvalue weighted by atomic mass is 9.64. The molecule has 0 radical (unpaired) electrons. The number of aromatic carboxylic acids is 1. The van der Waals surface area contributed by atoms with E-state index < -0.39 is 24.9 Å². The largest absolute Gasteiger partial charge is 0.535 e. The fraction of sp³-hybridized carbons (Fsp3) is 0.320. The number of nitrogen functional groups attached to an aromatic ring is 1. The monoisotopic (exact) mass is 617 g/mol. The van der Waals surface area contributed by atoms with E-state index in [1.54, 1.807) is 43.7 Å². The molecular weight excluding hydrogens is 589 g/mol. The number of hydrogen-bond donors (Lipinski definition) is 4. The average Bonchev–Trinajstić information content (AvgIpc) is 3.57. The summed E-state index contributed by atoms with van der Waals surface area (Å²) in [6.45, 7) is 5.87. The molecule has 42 heavy (non-hydrogen) atoms. The lowest BCUT2D eigenvalue weighted by Crippen LogP contribution is -2.36. The highest BCUT2D eigenvalue weighted by Crippen LogP contribution is 2.36. The molecule has 0 aliphatic carbocycles. The van der Waals surface area contributed by atoms with Crippen molar-refractivity contribution in [1.82, 2.24) is 9.97 Å².